The molecular formula is C14H29NO4. The minimum atomic E-state index is -1.15. The predicted molar refractivity (Wildman–Crippen MR) is 73.8 cm³/mol. The molecule has 1 fully saturated rings. The van der Waals surface area contributed by atoms with E-state index in [1.165, 1.54) is 25.7 Å². The summed E-state index contributed by atoms with van der Waals surface area (Å²) in [6, 6.07) is -0.464. The van der Waals surface area contributed by atoms with E-state index < -0.39 is 24.4 Å². The van der Waals surface area contributed by atoms with Crippen LogP contribution in [0, 0.1) is 0 Å². The number of piperidine rings is 1. The van der Waals surface area contributed by atoms with Gasteiger partial charge in [0.2, 0.25) is 0 Å². The summed E-state index contributed by atoms with van der Waals surface area (Å²) in [6.45, 7) is 3.06. The SMILES string of the molecule is CCCCCCCCN1C[C@H](O)[C@@H](O)[C@@H](O)[C@H]1CO. The van der Waals surface area contributed by atoms with Gasteiger partial charge in [-0.15, -0.1) is 0 Å². The Balaban J connectivity index is 2.30. The van der Waals surface area contributed by atoms with Gasteiger partial charge in [-0.2, -0.15) is 0 Å². The van der Waals surface area contributed by atoms with Gasteiger partial charge in [0.15, 0.2) is 0 Å². The Morgan fingerprint density at radius 3 is 2.21 bits per heavy atom. The first kappa shape index (κ1) is 16.9. The molecule has 0 unspecified atom stereocenters. The first-order valence-electron chi connectivity index (χ1n) is 7.51. The molecule has 0 aliphatic carbocycles. The molecule has 1 heterocycles. The molecule has 0 radical (unpaired) electrons. The number of β-amino-alcohol motifs (C(OH)–C–C–N with tert-alkyl or cyclic N) is 1. The zero-order valence-corrected chi connectivity index (χ0v) is 11.9. The molecule has 1 aliphatic heterocycles. The molecule has 0 spiro atoms. The van der Waals surface area contributed by atoms with Crippen molar-refractivity contribution in [3.63, 3.8) is 0 Å². The molecule has 5 heteroatoms. The fourth-order valence-corrected chi connectivity index (χ4v) is 2.73. The Morgan fingerprint density at radius 2 is 1.58 bits per heavy atom. The predicted octanol–water partition coefficient (Wildman–Crippen LogP) is 0.106. The number of unbranched alkanes of at least 4 members (excludes halogenated alkanes) is 5. The summed E-state index contributed by atoms with van der Waals surface area (Å²) in [5.41, 5.74) is 0. The Labute approximate surface area is 115 Å². The number of rotatable bonds is 8. The maximum absolute atomic E-state index is 9.84. The number of hydrogen-bond acceptors (Lipinski definition) is 5. The van der Waals surface area contributed by atoms with E-state index in [-0.39, 0.29) is 6.61 Å². The lowest BCUT2D eigenvalue weighted by molar-refractivity contribution is -0.145. The first-order chi connectivity index (χ1) is 9.11. The maximum Gasteiger partial charge on any atom is 0.109 e. The van der Waals surface area contributed by atoms with E-state index in [1.807, 2.05) is 4.90 Å². The zero-order chi connectivity index (χ0) is 14.3. The molecule has 19 heavy (non-hydrogen) atoms. The lowest BCUT2D eigenvalue weighted by Crippen LogP contribution is -2.62. The smallest absolute Gasteiger partial charge is 0.109 e. The quantitative estimate of drug-likeness (QED) is 0.472. The van der Waals surface area contributed by atoms with Crippen LogP contribution in [0.4, 0.5) is 0 Å². The molecule has 5 nitrogen and oxygen atoms in total. The fraction of sp³-hybridized carbons (Fsp3) is 1.00. The number of aliphatic hydroxyl groups excluding tert-OH is 4. The van der Waals surface area contributed by atoms with Crippen molar-refractivity contribution >= 4 is 0 Å². The third-order valence-corrected chi connectivity index (χ3v) is 4.01. The van der Waals surface area contributed by atoms with Gasteiger partial charge in [-0.25, -0.2) is 0 Å². The second-order valence-corrected chi connectivity index (χ2v) is 5.56. The molecule has 1 aliphatic rings. The van der Waals surface area contributed by atoms with Crippen LogP contribution < -0.4 is 0 Å². The zero-order valence-electron chi connectivity index (χ0n) is 11.9. The minimum Gasteiger partial charge on any atom is -0.395 e. The van der Waals surface area contributed by atoms with Crippen molar-refractivity contribution in [3.05, 3.63) is 0 Å². The second-order valence-electron chi connectivity index (χ2n) is 5.56. The molecule has 1 rings (SSSR count). The van der Waals surface area contributed by atoms with Crippen LogP contribution in [0.1, 0.15) is 45.4 Å². The molecule has 0 aromatic carbocycles. The van der Waals surface area contributed by atoms with Gasteiger partial charge in [-0.05, 0) is 13.0 Å². The topological polar surface area (TPSA) is 84.2 Å². The van der Waals surface area contributed by atoms with E-state index in [2.05, 4.69) is 6.92 Å². The Kier molecular flexibility index (Phi) is 7.87. The number of likely N-dealkylation sites (tertiary alicyclic amines) is 1. The van der Waals surface area contributed by atoms with Gasteiger partial charge in [0, 0.05) is 6.54 Å². The van der Waals surface area contributed by atoms with E-state index in [4.69, 9.17) is 0 Å². The van der Waals surface area contributed by atoms with Gasteiger partial charge in [0.05, 0.1) is 18.8 Å². The summed E-state index contributed by atoms with van der Waals surface area (Å²) in [6.07, 6.45) is 3.92. The normalized spacial score (nSPS) is 32.7. The lowest BCUT2D eigenvalue weighted by Gasteiger charge is -2.43. The van der Waals surface area contributed by atoms with E-state index in [0.717, 1.165) is 19.4 Å². The van der Waals surface area contributed by atoms with Crippen LogP contribution in [0.5, 0.6) is 0 Å². The van der Waals surface area contributed by atoms with Gasteiger partial charge < -0.3 is 20.4 Å². The summed E-state index contributed by atoms with van der Waals surface area (Å²) >= 11 is 0. The third kappa shape index (κ3) is 5.00. The molecule has 0 bridgehead atoms. The molecule has 0 amide bonds. The summed E-state index contributed by atoms with van der Waals surface area (Å²) in [5.74, 6) is 0. The maximum atomic E-state index is 9.84. The average Bonchev–Trinajstić information content (AvgIpc) is 2.40. The molecule has 4 atom stereocenters. The Hall–Kier alpha value is -0.200. The number of nitrogens with zero attached hydrogens (tertiary/aromatic N) is 1. The molecule has 0 aromatic rings. The van der Waals surface area contributed by atoms with E-state index in [0.29, 0.717) is 6.54 Å². The van der Waals surface area contributed by atoms with Gasteiger partial charge in [0.25, 0.3) is 0 Å². The highest BCUT2D eigenvalue weighted by atomic mass is 16.4. The van der Waals surface area contributed by atoms with Crippen molar-refractivity contribution < 1.29 is 20.4 Å². The van der Waals surface area contributed by atoms with Gasteiger partial charge in [0.1, 0.15) is 12.2 Å². The largest absolute Gasteiger partial charge is 0.395 e. The first-order valence-corrected chi connectivity index (χ1v) is 7.51. The van der Waals surface area contributed by atoms with Crippen molar-refractivity contribution in [1.82, 2.24) is 4.90 Å². The van der Waals surface area contributed by atoms with Crippen LogP contribution in [0.25, 0.3) is 0 Å². The van der Waals surface area contributed by atoms with Crippen LogP contribution in [0.2, 0.25) is 0 Å². The van der Waals surface area contributed by atoms with Gasteiger partial charge in [-0.1, -0.05) is 39.0 Å². The van der Waals surface area contributed by atoms with E-state index >= 15 is 0 Å². The van der Waals surface area contributed by atoms with Gasteiger partial charge in [-0.3, -0.25) is 4.90 Å². The molecule has 0 saturated carbocycles. The van der Waals surface area contributed by atoms with Crippen LogP contribution in [-0.2, 0) is 0 Å². The highest BCUT2D eigenvalue weighted by Gasteiger charge is 2.40. The molecule has 1 saturated heterocycles. The Morgan fingerprint density at radius 1 is 0.947 bits per heavy atom. The van der Waals surface area contributed by atoms with Crippen LogP contribution in [0.15, 0.2) is 0 Å². The average molecular weight is 275 g/mol. The van der Waals surface area contributed by atoms with Crippen molar-refractivity contribution in [1.29, 1.82) is 0 Å². The summed E-state index contributed by atoms with van der Waals surface area (Å²) in [5, 5.41) is 38.4. The summed E-state index contributed by atoms with van der Waals surface area (Å²) < 4.78 is 0. The lowest BCUT2D eigenvalue weighted by atomic mass is 9.94. The highest BCUT2D eigenvalue weighted by Crippen LogP contribution is 2.19. The molecule has 0 aromatic heterocycles. The monoisotopic (exact) mass is 275 g/mol. The van der Waals surface area contributed by atoms with E-state index in [9.17, 15) is 20.4 Å². The van der Waals surface area contributed by atoms with Gasteiger partial charge >= 0.3 is 0 Å². The van der Waals surface area contributed by atoms with Crippen molar-refractivity contribution in [2.45, 2.75) is 69.8 Å². The molecule has 4 N–H and O–H groups in total. The van der Waals surface area contributed by atoms with Crippen molar-refractivity contribution in [2.75, 3.05) is 19.7 Å². The number of hydrogen-bond donors (Lipinski definition) is 4. The standard InChI is InChI=1S/C14H29NO4/c1-2-3-4-5-6-7-8-15-9-12(17)14(19)13(18)11(15)10-16/h11-14,16-19H,2-10H2,1H3/t11-,12+,13+,14-/m1/s1. The highest BCUT2D eigenvalue weighted by molar-refractivity contribution is 4.93. The molecular weight excluding hydrogens is 246 g/mol. The third-order valence-electron chi connectivity index (χ3n) is 4.01. The second kappa shape index (κ2) is 8.87. The fourth-order valence-electron chi connectivity index (χ4n) is 2.73. The summed E-state index contributed by atoms with van der Waals surface area (Å²) in [4.78, 5) is 1.89. The summed E-state index contributed by atoms with van der Waals surface area (Å²) in [7, 11) is 0. The minimum absolute atomic E-state index is 0.194. The van der Waals surface area contributed by atoms with Crippen LogP contribution >= 0.6 is 0 Å². The Bertz CT molecular complexity index is 239. The molecule has 114 valence electrons. The number of aliphatic hydroxyl groups is 4. The van der Waals surface area contributed by atoms with Crippen molar-refractivity contribution in [2.24, 2.45) is 0 Å². The van der Waals surface area contributed by atoms with Crippen LogP contribution in [-0.4, -0.2) is 69.4 Å². The van der Waals surface area contributed by atoms with Crippen molar-refractivity contribution in [3.8, 4) is 0 Å². The van der Waals surface area contributed by atoms with E-state index in [1.54, 1.807) is 0 Å². The van der Waals surface area contributed by atoms with Crippen LogP contribution in [0.3, 0.4) is 0 Å².